The summed E-state index contributed by atoms with van der Waals surface area (Å²) in [5.41, 5.74) is -1.32. The molecule has 5 nitrogen and oxygen atoms in total. The predicted octanol–water partition coefficient (Wildman–Crippen LogP) is 3.72. The van der Waals surface area contributed by atoms with Gasteiger partial charge in [-0.15, -0.1) is 0 Å². The number of piperidine rings is 1. The maximum Gasteiger partial charge on any atom is 0.257 e. The van der Waals surface area contributed by atoms with Crippen LogP contribution in [0.15, 0.2) is 42.3 Å². The number of benzene rings is 1. The molecule has 1 aliphatic carbocycles. The van der Waals surface area contributed by atoms with Gasteiger partial charge in [0.15, 0.2) is 5.60 Å². The summed E-state index contributed by atoms with van der Waals surface area (Å²) in [6.07, 6.45) is 7.09. The number of hydrogen-bond acceptors (Lipinski definition) is 3. The summed E-state index contributed by atoms with van der Waals surface area (Å²) in [6, 6.07) is 2.69. The second-order valence-corrected chi connectivity index (χ2v) is 8.71. The molecule has 1 unspecified atom stereocenters. The number of allylic oxidation sites excluding steroid dienone is 3. The fourth-order valence-corrected chi connectivity index (χ4v) is 5.33. The van der Waals surface area contributed by atoms with Crippen molar-refractivity contribution in [3.63, 3.8) is 0 Å². The monoisotopic (exact) mass is 432 g/mol. The summed E-state index contributed by atoms with van der Waals surface area (Å²) < 4.78 is 47.5. The molecule has 0 radical (unpaired) electrons. The zero-order chi connectivity index (χ0) is 21.8. The maximum absolute atomic E-state index is 14.0. The number of likely N-dealkylation sites (tertiary alicyclic amines) is 1. The average Bonchev–Trinajstić information content (AvgIpc) is 3.28. The number of ether oxygens (including phenoxy) is 1. The van der Waals surface area contributed by atoms with E-state index in [9.17, 15) is 22.8 Å². The van der Waals surface area contributed by atoms with Gasteiger partial charge < -0.3 is 14.5 Å². The summed E-state index contributed by atoms with van der Waals surface area (Å²) in [6.45, 7) is 0.429. The van der Waals surface area contributed by atoms with Crippen molar-refractivity contribution < 1.29 is 27.5 Å². The molecule has 1 spiro atoms. The van der Waals surface area contributed by atoms with Crippen molar-refractivity contribution in [2.45, 2.75) is 50.0 Å². The van der Waals surface area contributed by atoms with Gasteiger partial charge in [-0.2, -0.15) is 0 Å². The predicted molar refractivity (Wildman–Crippen MR) is 105 cm³/mol. The lowest BCUT2D eigenvalue weighted by atomic mass is 9.87. The lowest BCUT2D eigenvalue weighted by Crippen LogP contribution is -2.53. The highest BCUT2D eigenvalue weighted by Crippen LogP contribution is 2.45. The standard InChI is InChI=1S/C23H23F3N2O3/c24-15-3-1-2-14(12-15)19-6-7-20-28(19)22(30)23(31-20)8-10-27(11-9-23)21(29)17-13-16(25)4-5-18(17)26/h1-5,13-14,19-20H,6-12H2/t14?,19-,20+/m0/s1. The zero-order valence-electron chi connectivity index (χ0n) is 16.9. The fraction of sp³-hybridized carbons (Fsp3) is 0.478. The zero-order valence-corrected chi connectivity index (χ0v) is 16.9. The number of amides is 2. The van der Waals surface area contributed by atoms with Crippen LogP contribution in [0.25, 0.3) is 0 Å². The van der Waals surface area contributed by atoms with E-state index in [-0.39, 0.29) is 55.0 Å². The summed E-state index contributed by atoms with van der Waals surface area (Å²) >= 11 is 0. The van der Waals surface area contributed by atoms with E-state index in [0.717, 1.165) is 24.6 Å². The minimum atomic E-state index is -1.01. The Morgan fingerprint density at radius 1 is 1.13 bits per heavy atom. The van der Waals surface area contributed by atoms with Crippen LogP contribution >= 0.6 is 0 Å². The second-order valence-electron chi connectivity index (χ2n) is 8.71. The van der Waals surface area contributed by atoms with Gasteiger partial charge in [-0.05, 0) is 37.1 Å². The Hall–Kier alpha value is -2.61. The topological polar surface area (TPSA) is 49.9 Å². The summed E-state index contributed by atoms with van der Waals surface area (Å²) in [4.78, 5) is 29.3. The Labute approximate surface area is 178 Å². The van der Waals surface area contributed by atoms with Crippen LogP contribution in [0.1, 0.15) is 42.5 Å². The number of halogens is 3. The third-order valence-electron chi connectivity index (χ3n) is 6.94. The van der Waals surface area contributed by atoms with Gasteiger partial charge in [0.05, 0.1) is 5.56 Å². The first-order valence-corrected chi connectivity index (χ1v) is 10.7. The number of rotatable bonds is 2. The van der Waals surface area contributed by atoms with Crippen LogP contribution in [0.5, 0.6) is 0 Å². The van der Waals surface area contributed by atoms with Crippen LogP contribution in [0.3, 0.4) is 0 Å². The van der Waals surface area contributed by atoms with Crippen molar-refractivity contribution in [2.24, 2.45) is 5.92 Å². The minimum Gasteiger partial charge on any atom is -0.342 e. The molecule has 0 bridgehead atoms. The van der Waals surface area contributed by atoms with Crippen molar-refractivity contribution >= 4 is 11.8 Å². The van der Waals surface area contributed by atoms with Crippen molar-refractivity contribution in [1.29, 1.82) is 0 Å². The van der Waals surface area contributed by atoms with Crippen LogP contribution in [0, 0.1) is 17.6 Å². The number of carbonyl (C=O) groups excluding carboxylic acids is 2. The molecular weight excluding hydrogens is 409 g/mol. The van der Waals surface area contributed by atoms with Gasteiger partial charge in [-0.3, -0.25) is 9.59 Å². The van der Waals surface area contributed by atoms with Gasteiger partial charge in [0.1, 0.15) is 23.7 Å². The largest absolute Gasteiger partial charge is 0.342 e. The molecule has 2 amide bonds. The second kappa shape index (κ2) is 7.51. The van der Waals surface area contributed by atoms with Crippen LogP contribution in [0.4, 0.5) is 13.2 Å². The lowest BCUT2D eigenvalue weighted by Gasteiger charge is -2.38. The minimum absolute atomic E-state index is 0.0738. The van der Waals surface area contributed by atoms with Gasteiger partial charge in [0.2, 0.25) is 0 Å². The van der Waals surface area contributed by atoms with E-state index in [1.807, 2.05) is 6.08 Å². The molecule has 3 aliphatic heterocycles. The van der Waals surface area contributed by atoms with E-state index in [1.165, 1.54) is 11.0 Å². The van der Waals surface area contributed by atoms with E-state index >= 15 is 0 Å². The van der Waals surface area contributed by atoms with E-state index in [4.69, 9.17) is 4.74 Å². The highest BCUT2D eigenvalue weighted by atomic mass is 19.1. The molecule has 3 atom stereocenters. The van der Waals surface area contributed by atoms with Crippen LogP contribution in [-0.2, 0) is 9.53 Å². The van der Waals surface area contributed by atoms with Gasteiger partial charge in [0, 0.05) is 44.3 Å². The number of fused-ring (bicyclic) bond motifs is 1. The highest BCUT2D eigenvalue weighted by molar-refractivity contribution is 5.95. The highest BCUT2D eigenvalue weighted by Gasteiger charge is 2.58. The fourth-order valence-electron chi connectivity index (χ4n) is 5.33. The van der Waals surface area contributed by atoms with Gasteiger partial charge in [-0.25, -0.2) is 13.2 Å². The smallest absolute Gasteiger partial charge is 0.257 e. The van der Waals surface area contributed by atoms with E-state index in [1.54, 1.807) is 11.0 Å². The average molecular weight is 432 g/mol. The molecule has 31 heavy (non-hydrogen) atoms. The van der Waals surface area contributed by atoms with E-state index in [2.05, 4.69) is 0 Å². The summed E-state index contributed by atoms with van der Waals surface area (Å²) in [5.74, 6) is -2.41. The molecule has 164 valence electrons. The molecular formula is C23H23F3N2O3. The van der Waals surface area contributed by atoms with Crippen LogP contribution < -0.4 is 0 Å². The first-order valence-electron chi connectivity index (χ1n) is 10.7. The Kier molecular flexibility index (Phi) is 4.92. The molecule has 3 fully saturated rings. The molecule has 0 saturated carbocycles. The quantitative estimate of drug-likeness (QED) is 0.716. The Morgan fingerprint density at radius 3 is 2.65 bits per heavy atom. The van der Waals surface area contributed by atoms with Gasteiger partial charge >= 0.3 is 0 Å². The maximum atomic E-state index is 14.0. The normalized spacial score (nSPS) is 29.5. The van der Waals surface area contributed by atoms with Crippen LogP contribution in [-0.4, -0.2) is 52.6 Å². The van der Waals surface area contributed by atoms with Crippen LogP contribution in [0.2, 0.25) is 0 Å². The van der Waals surface area contributed by atoms with Gasteiger partial charge in [0.25, 0.3) is 11.8 Å². The lowest BCUT2D eigenvalue weighted by molar-refractivity contribution is -0.142. The Balaban J connectivity index is 1.28. The Bertz CT molecular complexity index is 984. The SMILES string of the molecule is O=C(c1cc(F)ccc1F)N1CCC2(CC1)O[C@@H]1CC[C@@H](C3C=CC=C(F)C3)N1C2=O. The molecule has 3 heterocycles. The third-order valence-corrected chi connectivity index (χ3v) is 6.94. The summed E-state index contributed by atoms with van der Waals surface area (Å²) in [5, 5.41) is 0. The first-order chi connectivity index (χ1) is 14.9. The van der Waals surface area contributed by atoms with E-state index < -0.39 is 23.1 Å². The molecule has 3 saturated heterocycles. The first kappa shape index (κ1) is 20.3. The number of nitrogens with zero attached hydrogens (tertiary/aromatic N) is 2. The number of hydrogen-bond donors (Lipinski definition) is 0. The third kappa shape index (κ3) is 3.37. The van der Waals surface area contributed by atoms with Crippen molar-refractivity contribution in [2.75, 3.05) is 13.1 Å². The molecule has 1 aromatic rings. The van der Waals surface area contributed by atoms with Crippen molar-refractivity contribution in [3.8, 4) is 0 Å². The molecule has 1 aromatic carbocycles. The number of carbonyl (C=O) groups is 2. The van der Waals surface area contributed by atoms with E-state index in [0.29, 0.717) is 19.3 Å². The molecule has 4 aliphatic rings. The van der Waals surface area contributed by atoms with Crippen molar-refractivity contribution in [3.05, 3.63) is 59.5 Å². The molecule has 0 N–H and O–H groups in total. The molecule has 0 aromatic heterocycles. The van der Waals surface area contributed by atoms with Gasteiger partial charge in [-0.1, -0.05) is 12.2 Å². The summed E-state index contributed by atoms with van der Waals surface area (Å²) in [7, 11) is 0. The molecule has 5 rings (SSSR count). The van der Waals surface area contributed by atoms with Crippen molar-refractivity contribution in [1.82, 2.24) is 9.80 Å². The molecule has 8 heteroatoms. The Morgan fingerprint density at radius 2 is 1.90 bits per heavy atom.